The maximum atomic E-state index is 6.17. The molecule has 1 N–H and O–H groups in total. The molecule has 0 atom stereocenters. The fraction of sp³-hybridized carbons (Fsp3) is 0.400. The molecular weight excluding hydrogens is 274 g/mol. The summed E-state index contributed by atoms with van der Waals surface area (Å²) in [5.74, 6) is 0.990. The number of aromatic nitrogens is 2. The molecule has 1 aromatic carbocycles. The van der Waals surface area contributed by atoms with E-state index in [1.54, 1.807) is 0 Å². The van der Waals surface area contributed by atoms with Crippen LogP contribution in [0.3, 0.4) is 0 Å². The van der Waals surface area contributed by atoms with Crippen LogP contribution in [0.1, 0.15) is 23.7 Å². The van der Waals surface area contributed by atoms with E-state index in [-0.39, 0.29) is 0 Å². The Balaban J connectivity index is 1.82. The van der Waals surface area contributed by atoms with Gasteiger partial charge < -0.3 is 10.1 Å². The van der Waals surface area contributed by atoms with E-state index in [9.17, 15) is 0 Å². The van der Waals surface area contributed by atoms with Crippen molar-refractivity contribution in [2.45, 2.75) is 26.3 Å². The number of rotatable bonds is 4. The zero-order valence-corrected chi connectivity index (χ0v) is 12.5. The molecule has 106 valence electrons. The molecule has 0 amide bonds. The predicted molar refractivity (Wildman–Crippen MR) is 80.6 cm³/mol. The molecule has 0 saturated carbocycles. The van der Waals surface area contributed by atoms with Crippen LogP contribution < -0.4 is 10.1 Å². The van der Waals surface area contributed by atoms with Gasteiger partial charge in [0.15, 0.2) is 0 Å². The van der Waals surface area contributed by atoms with Crippen LogP contribution in [0.25, 0.3) is 0 Å². The zero-order valence-electron chi connectivity index (χ0n) is 11.7. The third kappa shape index (κ3) is 2.48. The molecule has 1 aliphatic rings. The first kappa shape index (κ1) is 13.3. The first-order valence-corrected chi connectivity index (χ1v) is 7.25. The predicted octanol–water partition coefficient (Wildman–Crippen LogP) is 3.18. The van der Waals surface area contributed by atoms with Crippen molar-refractivity contribution in [3.8, 4) is 5.75 Å². The number of nitrogens with one attached hydrogen (secondary N) is 1. The number of benzene rings is 1. The molecule has 1 aliphatic heterocycles. The van der Waals surface area contributed by atoms with E-state index in [0.29, 0.717) is 6.54 Å². The Labute approximate surface area is 123 Å². The summed E-state index contributed by atoms with van der Waals surface area (Å²) in [5, 5.41) is 8.64. The first-order chi connectivity index (χ1) is 9.67. The van der Waals surface area contributed by atoms with Gasteiger partial charge in [0.25, 0.3) is 0 Å². The highest BCUT2D eigenvalue weighted by Crippen LogP contribution is 2.33. The lowest BCUT2D eigenvalue weighted by molar-refractivity contribution is 0.354. The van der Waals surface area contributed by atoms with Gasteiger partial charge in [0.1, 0.15) is 5.75 Å². The molecule has 3 rings (SSSR count). The number of ether oxygens (including phenoxy) is 1. The summed E-state index contributed by atoms with van der Waals surface area (Å²) in [5.41, 5.74) is 4.46. The Morgan fingerprint density at radius 1 is 1.45 bits per heavy atom. The van der Waals surface area contributed by atoms with Crippen LogP contribution in [0.5, 0.6) is 5.75 Å². The molecule has 0 unspecified atom stereocenters. The maximum absolute atomic E-state index is 6.17. The van der Waals surface area contributed by atoms with Crippen LogP contribution in [0.15, 0.2) is 18.3 Å². The Hall–Kier alpha value is -1.68. The van der Waals surface area contributed by atoms with Gasteiger partial charge in [-0.25, -0.2) is 0 Å². The second-order valence-corrected chi connectivity index (χ2v) is 5.46. The van der Waals surface area contributed by atoms with Crippen LogP contribution in [-0.4, -0.2) is 16.4 Å². The summed E-state index contributed by atoms with van der Waals surface area (Å²) in [6.07, 6.45) is 3.85. The molecule has 5 heteroatoms. The minimum Gasteiger partial charge on any atom is -0.493 e. The van der Waals surface area contributed by atoms with Gasteiger partial charge in [0, 0.05) is 36.8 Å². The molecule has 0 fully saturated rings. The van der Waals surface area contributed by atoms with E-state index in [0.717, 1.165) is 47.2 Å². The Morgan fingerprint density at radius 2 is 2.30 bits per heavy atom. The van der Waals surface area contributed by atoms with Crippen LogP contribution in [-0.2, 0) is 26.4 Å². The Bertz CT molecular complexity index is 636. The molecule has 0 aliphatic carbocycles. The third-order valence-corrected chi connectivity index (χ3v) is 3.75. The molecule has 0 spiro atoms. The first-order valence-electron chi connectivity index (χ1n) is 6.88. The van der Waals surface area contributed by atoms with Gasteiger partial charge >= 0.3 is 0 Å². The summed E-state index contributed by atoms with van der Waals surface area (Å²) in [6.45, 7) is 3.55. The van der Waals surface area contributed by atoms with Crippen LogP contribution in [0, 0.1) is 0 Å². The highest BCUT2D eigenvalue weighted by atomic mass is 35.5. The van der Waals surface area contributed by atoms with Gasteiger partial charge in [-0.2, -0.15) is 5.10 Å². The lowest BCUT2D eigenvalue weighted by Gasteiger charge is -2.10. The second-order valence-electron chi connectivity index (χ2n) is 5.02. The largest absolute Gasteiger partial charge is 0.493 e. The van der Waals surface area contributed by atoms with E-state index in [1.807, 2.05) is 30.1 Å². The molecule has 2 aromatic rings. The summed E-state index contributed by atoms with van der Waals surface area (Å²) >= 11 is 6.17. The van der Waals surface area contributed by atoms with Gasteiger partial charge in [-0.15, -0.1) is 0 Å². The van der Waals surface area contributed by atoms with Crippen molar-refractivity contribution in [2.75, 3.05) is 11.9 Å². The van der Waals surface area contributed by atoms with Gasteiger partial charge in [-0.05, 0) is 24.1 Å². The lowest BCUT2D eigenvalue weighted by Crippen LogP contribution is -2.02. The number of aryl methyl sites for hydroxylation is 2. The van der Waals surface area contributed by atoms with Crippen LogP contribution in [0.2, 0.25) is 5.02 Å². The standard InChI is InChI=1S/C15H18ClN3O/c1-3-13-14(9-19(2)18-13)17-8-11-7-12(16)6-10-4-5-20-15(10)11/h6-7,9,17H,3-5,8H2,1-2H3. The molecule has 20 heavy (non-hydrogen) atoms. The average molecular weight is 292 g/mol. The third-order valence-electron chi connectivity index (χ3n) is 3.53. The number of fused-ring (bicyclic) bond motifs is 1. The minimum atomic E-state index is 0.696. The molecule has 0 saturated heterocycles. The minimum absolute atomic E-state index is 0.696. The average Bonchev–Trinajstić information content (AvgIpc) is 3.01. The van der Waals surface area contributed by atoms with Crippen molar-refractivity contribution in [3.05, 3.63) is 40.2 Å². The quantitative estimate of drug-likeness (QED) is 0.940. The fourth-order valence-electron chi connectivity index (χ4n) is 2.61. The van der Waals surface area contributed by atoms with E-state index in [4.69, 9.17) is 16.3 Å². The summed E-state index contributed by atoms with van der Waals surface area (Å²) in [7, 11) is 1.94. The number of halogens is 1. The highest BCUT2D eigenvalue weighted by Gasteiger charge is 2.17. The van der Waals surface area contributed by atoms with Gasteiger partial charge in [0.2, 0.25) is 0 Å². The van der Waals surface area contributed by atoms with Crippen LogP contribution in [0.4, 0.5) is 5.69 Å². The zero-order chi connectivity index (χ0) is 14.1. The monoisotopic (exact) mass is 291 g/mol. The number of anilines is 1. The van der Waals surface area contributed by atoms with E-state index < -0.39 is 0 Å². The molecule has 4 nitrogen and oxygen atoms in total. The van der Waals surface area contributed by atoms with E-state index >= 15 is 0 Å². The Morgan fingerprint density at radius 3 is 3.10 bits per heavy atom. The van der Waals surface area contributed by atoms with Crippen molar-refractivity contribution >= 4 is 17.3 Å². The second kappa shape index (κ2) is 5.37. The van der Waals surface area contributed by atoms with E-state index in [1.165, 1.54) is 5.56 Å². The van der Waals surface area contributed by atoms with Gasteiger partial charge in [0.05, 0.1) is 18.0 Å². The SMILES string of the molecule is CCc1nn(C)cc1NCc1cc(Cl)cc2c1OCC2. The number of nitrogens with zero attached hydrogens (tertiary/aromatic N) is 2. The molecule has 0 bridgehead atoms. The maximum Gasteiger partial charge on any atom is 0.127 e. The number of hydrogen-bond donors (Lipinski definition) is 1. The molecule has 1 aromatic heterocycles. The Kier molecular flexibility index (Phi) is 3.57. The smallest absolute Gasteiger partial charge is 0.127 e. The number of hydrogen-bond acceptors (Lipinski definition) is 3. The van der Waals surface area contributed by atoms with E-state index in [2.05, 4.69) is 17.3 Å². The molecule has 0 radical (unpaired) electrons. The van der Waals surface area contributed by atoms with Crippen molar-refractivity contribution < 1.29 is 4.74 Å². The molecular formula is C15H18ClN3O. The van der Waals surface area contributed by atoms with Crippen LogP contribution >= 0.6 is 11.6 Å². The summed E-state index contributed by atoms with van der Waals surface area (Å²) in [6, 6.07) is 3.97. The van der Waals surface area contributed by atoms with Gasteiger partial charge in [-0.1, -0.05) is 18.5 Å². The van der Waals surface area contributed by atoms with Crippen molar-refractivity contribution in [1.29, 1.82) is 0 Å². The fourth-order valence-corrected chi connectivity index (χ4v) is 2.87. The lowest BCUT2D eigenvalue weighted by atomic mass is 10.1. The van der Waals surface area contributed by atoms with Crippen molar-refractivity contribution in [1.82, 2.24) is 9.78 Å². The topological polar surface area (TPSA) is 39.1 Å². The van der Waals surface area contributed by atoms with Gasteiger partial charge in [-0.3, -0.25) is 4.68 Å². The molecule has 2 heterocycles. The van der Waals surface area contributed by atoms with Crippen molar-refractivity contribution in [3.63, 3.8) is 0 Å². The summed E-state index contributed by atoms with van der Waals surface area (Å²) in [4.78, 5) is 0. The summed E-state index contributed by atoms with van der Waals surface area (Å²) < 4.78 is 7.55. The normalized spacial score (nSPS) is 13.2. The highest BCUT2D eigenvalue weighted by molar-refractivity contribution is 6.30. The van der Waals surface area contributed by atoms with Crippen molar-refractivity contribution in [2.24, 2.45) is 7.05 Å².